The summed E-state index contributed by atoms with van der Waals surface area (Å²) in [6, 6.07) is 17.7. The second-order valence-electron chi connectivity index (χ2n) is 6.46. The number of hydrogen-bond acceptors (Lipinski definition) is 2. The number of carbonyl (C=O) groups is 1. The van der Waals surface area contributed by atoms with Crippen LogP contribution >= 0.6 is 11.6 Å². The van der Waals surface area contributed by atoms with Gasteiger partial charge in [-0.3, -0.25) is 4.79 Å². The van der Waals surface area contributed by atoms with Crippen molar-refractivity contribution in [2.45, 2.75) is 19.6 Å². The fraction of sp³-hybridized carbons (Fsp3) is 0.350. The predicted octanol–water partition coefficient (Wildman–Crippen LogP) is 2.03. The number of piperazine rings is 1. The van der Waals surface area contributed by atoms with Crippen LogP contribution in [-0.2, 0) is 11.3 Å². The smallest absolute Gasteiger partial charge is 0.263 e. The molecular formula is C20H24ClN2O2+. The van der Waals surface area contributed by atoms with Gasteiger partial charge in [0, 0.05) is 10.6 Å². The summed E-state index contributed by atoms with van der Waals surface area (Å²) in [7, 11) is 0. The van der Waals surface area contributed by atoms with E-state index in [1.165, 1.54) is 10.5 Å². The molecule has 0 spiro atoms. The van der Waals surface area contributed by atoms with E-state index in [1.807, 2.05) is 23.1 Å². The lowest BCUT2D eigenvalue weighted by Gasteiger charge is -2.33. The number of carbonyl (C=O) groups excluding carboxylic acids is 1. The molecular weight excluding hydrogens is 336 g/mol. The highest BCUT2D eigenvalue weighted by Gasteiger charge is 2.27. The molecule has 0 bridgehead atoms. The molecule has 1 saturated heterocycles. The SMILES string of the molecule is C[C@H](Oc1cccc(Cl)c1)C(=O)N1CC[NH+](Cc2ccccc2)CC1. The molecule has 2 aromatic rings. The number of nitrogens with zero attached hydrogens (tertiary/aromatic N) is 1. The highest BCUT2D eigenvalue weighted by molar-refractivity contribution is 6.30. The van der Waals surface area contributed by atoms with E-state index in [0.717, 1.165) is 32.7 Å². The maximum absolute atomic E-state index is 12.6. The van der Waals surface area contributed by atoms with Crippen molar-refractivity contribution in [2.24, 2.45) is 0 Å². The van der Waals surface area contributed by atoms with Crippen LogP contribution in [0.2, 0.25) is 5.02 Å². The molecule has 1 aliphatic rings. The minimum Gasteiger partial charge on any atom is -0.481 e. The molecule has 3 rings (SSSR count). The summed E-state index contributed by atoms with van der Waals surface area (Å²) in [6.45, 7) is 6.27. The van der Waals surface area contributed by atoms with E-state index in [9.17, 15) is 4.79 Å². The Hall–Kier alpha value is -2.04. The number of benzene rings is 2. The van der Waals surface area contributed by atoms with Crippen molar-refractivity contribution in [3.8, 4) is 5.75 Å². The van der Waals surface area contributed by atoms with Crippen LogP contribution in [0.15, 0.2) is 54.6 Å². The van der Waals surface area contributed by atoms with E-state index in [-0.39, 0.29) is 5.91 Å². The molecule has 1 atom stereocenters. The number of halogens is 1. The van der Waals surface area contributed by atoms with E-state index >= 15 is 0 Å². The van der Waals surface area contributed by atoms with Gasteiger partial charge in [0.05, 0.1) is 26.2 Å². The van der Waals surface area contributed by atoms with Gasteiger partial charge in [-0.2, -0.15) is 0 Å². The molecule has 0 aliphatic carbocycles. The predicted molar refractivity (Wildman–Crippen MR) is 99.0 cm³/mol. The third kappa shape index (κ3) is 4.97. The van der Waals surface area contributed by atoms with Gasteiger partial charge in [-0.05, 0) is 25.1 Å². The molecule has 0 unspecified atom stereocenters. The Balaban J connectivity index is 1.49. The minimum atomic E-state index is -0.505. The first-order valence-electron chi connectivity index (χ1n) is 8.70. The van der Waals surface area contributed by atoms with E-state index < -0.39 is 6.10 Å². The Bertz CT molecular complexity index is 700. The van der Waals surface area contributed by atoms with Gasteiger partial charge >= 0.3 is 0 Å². The summed E-state index contributed by atoms with van der Waals surface area (Å²) in [5.74, 6) is 0.667. The van der Waals surface area contributed by atoms with Crippen molar-refractivity contribution < 1.29 is 14.4 Å². The second-order valence-corrected chi connectivity index (χ2v) is 6.89. The van der Waals surface area contributed by atoms with Crippen LogP contribution < -0.4 is 9.64 Å². The number of amides is 1. The van der Waals surface area contributed by atoms with E-state index in [4.69, 9.17) is 16.3 Å². The lowest BCUT2D eigenvalue weighted by atomic mass is 10.2. The molecule has 1 fully saturated rings. The van der Waals surface area contributed by atoms with Crippen LogP contribution in [0.1, 0.15) is 12.5 Å². The molecule has 5 heteroatoms. The van der Waals surface area contributed by atoms with Gasteiger partial charge in [0.2, 0.25) is 0 Å². The third-order valence-corrected chi connectivity index (χ3v) is 4.77. The zero-order valence-corrected chi connectivity index (χ0v) is 15.2. The Morgan fingerprint density at radius 2 is 1.88 bits per heavy atom. The first-order valence-corrected chi connectivity index (χ1v) is 9.08. The van der Waals surface area contributed by atoms with E-state index in [1.54, 1.807) is 19.1 Å². The standard InChI is InChI=1S/C20H23ClN2O2/c1-16(25-19-9-5-8-18(21)14-19)20(24)23-12-10-22(11-13-23)15-17-6-3-2-4-7-17/h2-9,14,16H,10-13,15H2,1H3/p+1/t16-/m0/s1. The fourth-order valence-electron chi connectivity index (χ4n) is 3.16. The molecule has 0 saturated carbocycles. The van der Waals surface area contributed by atoms with Crippen LogP contribution in [0, 0.1) is 0 Å². The maximum Gasteiger partial charge on any atom is 0.263 e. The molecule has 0 radical (unpaired) electrons. The van der Waals surface area contributed by atoms with Crippen molar-refractivity contribution in [3.05, 3.63) is 65.2 Å². The molecule has 1 amide bonds. The zero-order chi connectivity index (χ0) is 17.6. The first-order chi connectivity index (χ1) is 12.1. The zero-order valence-electron chi connectivity index (χ0n) is 14.5. The Morgan fingerprint density at radius 3 is 2.56 bits per heavy atom. The van der Waals surface area contributed by atoms with Gasteiger partial charge in [0.1, 0.15) is 12.3 Å². The number of ether oxygens (including phenoxy) is 1. The largest absolute Gasteiger partial charge is 0.481 e. The van der Waals surface area contributed by atoms with Gasteiger partial charge in [0.15, 0.2) is 6.10 Å². The Labute approximate surface area is 154 Å². The molecule has 1 aliphatic heterocycles. The molecule has 2 aromatic carbocycles. The van der Waals surface area contributed by atoms with Gasteiger partial charge in [-0.15, -0.1) is 0 Å². The number of hydrogen-bond donors (Lipinski definition) is 1. The molecule has 4 nitrogen and oxygen atoms in total. The summed E-state index contributed by atoms with van der Waals surface area (Å²) < 4.78 is 5.75. The number of quaternary nitrogens is 1. The lowest BCUT2D eigenvalue weighted by molar-refractivity contribution is -0.917. The van der Waals surface area contributed by atoms with Crippen LogP contribution in [0.5, 0.6) is 5.75 Å². The van der Waals surface area contributed by atoms with Gasteiger partial charge in [-0.1, -0.05) is 48.0 Å². The van der Waals surface area contributed by atoms with Crippen LogP contribution in [0.3, 0.4) is 0 Å². The second kappa shape index (κ2) is 8.37. The summed E-state index contributed by atoms with van der Waals surface area (Å²) in [4.78, 5) is 16.0. The van der Waals surface area contributed by atoms with Gasteiger partial charge in [0.25, 0.3) is 5.91 Å². The monoisotopic (exact) mass is 359 g/mol. The van der Waals surface area contributed by atoms with Crippen LogP contribution in [0.25, 0.3) is 0 Å². The van der Waals surface area contributed by atoms with Crippen molar-refractivity contribution >= 4 is 17.5 Å². The van der Waals surface area contributed by atoms with Gasteiger partial charge < -0.3 is 14.5 Å². The average Bonchev–Trinajstić information content (AvgIpc) is 2.62. The topological polar surface area (TPSA) is 34.0 Å². The lowest BCUT2D eigenvalue weighted by Crippen LogP contribution is -3.13. The highest BCUT2D eigenvalue weighted by Crippen LogP contribution is 2.18. The van der Waals surface area contributed by atoms with Crippen LogP contribution in [-0.4, -0.2) is 43.1 Å². The van der Waals surface area contributed by atoms with Crippen LogP contribution in [0.4, 0.5) is 0 Å². The normalized spacial score (nSPS) is 16.5. The third-order valence-electron chi connectivity index (χ3n) is 4.54. The average molecular weight is 360 g/mol. The number of rotatable bonds is 5. The van der Waals surface area contributed by atoms with Crippen molar-refractivity contribution in [1.29, 1.82) is 0 Å². The number of nitrogens with one attached hydrogen (secondary N) is 1. The van der Waals surface area contributed by atoms with Crippen molar-refractivity contribution in [3.63, 3.8) is 0 Å². The molecule has 1 N–H and O–H groups in total. The quantitative estimate of drug-likeness (QED) is 0.886. The van der Waals surface area contributed by atoms with Gasteiger partial charge in [-0.25, -0.2) is 0 Å². The Morgan fingerprint density at radius 1 is 1.16 bits per heavy atom. The molecule has 1 heterocycles. The summed E-state index contributed by atoms with van der Waals surface area (Å²) in [6.07, 6.45) is -0.505. The fourth-order valence-corrected chi connectivity index (χ4v) is 3.34. The highest BCUT2D eigenvalue weighted by atomic mass is 35.5. The molecule has 25 heavy (non-hydrogen) atoms. The van der Waals surface area contributed by atoms with E-state index in [2.05, 4.69) is 24.3 Å². The summed E-state index contributed by atoms with van der Waals surface area (Å²) in [5, 5.41) is 0.607. The van der Waals surface area contributed by atoms with Crippen molar-refractivity contribution in [1.82, 2.24) is 4.90 Å². The van der Waals surface area contributed by atoms with E-state index in [0.29, 0.717) is 10.8 Å². The summed E-state index contributed by atoms with van der Waals surface area (Å²) >= 11 is 5.96. The Kier molecular flexibility index (Phi) is 5.95. The minimum absolute atomic E-state index is 0.0405. The van der Waals surface area contributed by atoms with Crippen molar-refractivity contribution in [2.75, 3.05) is 26.2 Å². The molecule has 0 aromatic heterocycles. The maximum atomic E-state index is 12.6. The summed E-state index contributed by atoms with van der Waals surface area (Å²) in [5.41, 5.74) is 1.34. The molecule has 132 valence electrons. The first kappa shape index (κ1) is 17.8.